The summed E-state index contributed by atoms with van der Waals surface area (Å²) in [5.41, 5.74) is 0. The third kappa shape index (κ3) is 81.6. The van der Waals surface area contributed by atoms with E-state index in [1.165, 1.54) is 77.0 Å². The molecule has 0 aromatic heterocycles. The summed E-state index contributed by atoms with van der Waals surface area (Å²) in [7, 11) is -10.1. The summed E-state index contributed by atoms with van der Waals surface area (Å²) in [5.74, 6) is -2.50. The van der Waals surface area contributed by atoms with Gasteiger partial charge in [0.15, 0.2) is 12.2 Å². The van der Waals surface area contributed by atoms with Gasteiger partial charge in [0.05, 0.1) is 26.4 Å². The highest BCUT2D eigenvalue weighted by Gasteiger charge is 2.30. The van der Waals surface area contributed by atoms with E-state index in [2.05, 4.69) is 180 Å². The van der Waals surface area contributed by atoms with Gasteiger partial charge in [-0.3, -0.25) is 37.3 Å². The molecule has 0 saturated heterocycles. The quantitative estimate of drug-likeness (QED) is 0.0169. The minimum absolute atomic E-state index is 0.0105. The van der Waals surface area contributed by atoms with Crippen LogP contribution in [0.15, 0.2) is 207 Å². The van der Waals surface area contributed by atoms with Crippen LogP contribution in [0.4, 0.5) is 0 Å². The fraction of sp³-hybridized carbons (Fsp3) is 0.591. The van der Waals surface area contributed by atoms with Gasteiger partial charge in [-0.2, -0.15) is 0 Å². The van der Waals surface area contributed by atoms with Crippen LogP contribution in [0, 0.1) is 0 Å². The number of unbranched alkanes of at least 4 members (excludes halogenated alkanes) is 17. The van der Waals surface area contributed by atoms with Crippen LogP contribution in [0.5, 0.6) is 0 Å². The minimum atomic E-state index is -5.03. The fourth-order valence-corrected chi connectivity index (χ4v) is 11.9. The van der Waals surface area contributed by atoms with Crippen LogP contribution in [0.25, 0.3) is 0 Å². The van der Waals surface area contributed by atoms with Crippen LogP contribution >= 0.6 is 15.6 Å². The highest BCUT2D eigenvalue weighted by Crippen LogP contribution is 2.45. The molecule has 0 fully saturated rings. The first-order chi connectivity index (χ1) is 54.7. The molecule has 112 heavy (non-hydrogen) atoms. The Hall–Kier alpha value is -6.36. The zero-order valence-corrected chi connectivity index (χ0v) is 71.0. The molecule has 0 saturated carbocycles. The lowest BCUT2D eigenvalue weighted by Crippen LogP contribution is -2.30. The number of aliphatic hydroxyl groups is 1. The van der Waals surface area contributed by atoms with Crippen molar-refractivity contribution in [2.24, 2.45) is 0 Å². The number of hydrogen-bond donors (Lipinski definition) is 3. The molecule has 2 unspecified atom stereocenters. The summed E-state index contributed by atoms with van der Waals surface area (Å²) in [6, 6.07) is 0. The van der Waals surface area contributed by atoms with Gasteiger partial charge in [-0.15, -0.1) is 0 Å². The summed E-state index contributed by atoms with van der Waals surface area (Å²) in [6.07, 6.45) is 104. The first-order valence-corrected chi connectivity index (χ1v) is 45.3. The van der Waals surface area contributed by atoms with Crippen LogP contribution in [-0.2, 0) is 65.4 Å². The third-order valence-corrected chi connectivity index (χ3v) is 18.6. The van der Waals surface area contributed by atoms with Crippen molar-refractivity contribution in [1.29, 1.82) is 0 Å². The SMILES string of the molecule is CC/C=C\C/C=C\C/C=C\C/C=C\C/C=C\C/C=C\CCC(=O)OC[C@H](COP(=O)(O)OC[C@@H](O)COP(=O)(O)OC[C@@H](COC(=O)CC/C=C\C/C=C\C/C=C\C/C=C\C/C=C\CCCCC)OC(=O)CCCCCCC/C=C\CCCCCCCC)OC(=O)CC/C=C\C/C=C\C/C=C\C/C=C\C/C=C\CCCCC. The Morgan fingerprint density at radius 3 is 0.795 bits per heavy atom. The van der Waals surface area contributed by atoms with Gasteiger partial charge in [-0.1, -0.05) is 311 Å². The molecule has 0 bridgehead atoms. The number of phosphoric acid groups is 2. The van der Waals surface area contributed by atoms with Crippen LogP contribution in [0.2, 0.25) is 0 Å². The molecule has 5 atom stereocenters. The van der Waals surface area contributed by atoms with E-state index >= 15 is 0 Å². The van der Waals surface area contributed by atoms with Crippen LogP contribution in [-0.4, -0.2) is 96.7 Å². The predicted molar refractivity (Wildman–Crippen MR) is 463 cm³/mol. The maximum Gasteiger partial charge on any atom is 0.472 e. The topological polar surface area (TPSA) is 237 Å². The summed E-state index contributed by atoms with van der Waals surface area (Å²) >= 11 is 0. The van der Waals surface area contributed by atoms with Crippen molar-refractivity contribution in [3.8, 4) is 0 Å². The van der Waals surface area contributed by atoms with Gasteiger partial charge < -0.3 is 33.8 Å². The van der Waals surface area contributed by atoms with Gasteiger partial charge in [0.25, 0.3) is 0 Å². The minimum Gasteiger partial charge on any atom is -0.462 e. The largest absolute Gasteiger partial charge is 0.472 e. The van der Waals surface area contributed by atoms with Crippen molar-refractivity contribution in [3.63, 3.8) is 0 Å². The Balaban J connectivity index is 5.60. The van der Waals surface area contributed by atoms with Crippen LogP contribution < -0.4 is 0 Å². The average Bonchev–Trinajstić information content (AvgIpc) is 0.898. The number of carbonyl (C=O) groups is 4. The predicted octanol–water partition coefficient (Wildman–Crippen LogP) is 25.4. The lowest BCUT2D eigenvalue weighted by Gasteiger charge is -2.21. The van der Waals surface area contributed by atoms with Gasteiger partial charge in [0.2, 0.25) is 0 Å². The van der Waals surface area contributed by atoms with E-state index < -0.39 is 97.5 Å². The van der Waals surface area contributed by atoms with Crippen LogP contribution in [0.1, 0.15) is 297 Å². The molecule has 0 rings (SSSR count). The lowest BCUT2D eigenvalue weighted by molar-refractivity contribution is -0.161. The first-order valence-electron chi connectivity index (χ1n) is 42.3. The molecular weight excluding hydrogens is 1450 g/mol. The van der Waals surface area contributed by atoms with Gasteiger partial charge in [0.1, 0.15) is 19.3 Å². The maximum atomic E-state index is 13.1. The normalized spacial score (nSPS) is 14.8. The van der Waals surface area contributed by atoms with Crippen molar-refractivity contribution >= 4 is 39.5 Å². The van der Waals surface area contributed by atoms with Crippen molar-refractivity contribution in [2.45, 2.75) is 316 Å². The number of allylic oxidation sites excluding steroid dienone is 34. The molecule has 0 aromatic carbocycles. The number of aliphatic hydroxyl groups excluding tert-OH is 1. The number of esters is 4. The molecule has 19 heteroatoms. The molecule has 0 aromatic rings. The Morgan fingerprint density at radius 2 is 0.482 bits per heavy atom. The number of ether oxygens (including phenoxy) is 4. The molecule has 0 aliphatic heterocycles. The fourth-order valence-electron chi connectivity index (χ4n) is 10.3. The Bertz CT molecular complexity index is 2940. The van der Waals surface area contributed by atoms with Crippen molar-refractivity contribution in [2.75, 3.05) is 39.6 Å². The molecule has 0 spiro atoms. The van der Waals surface area contributed by atoms with E-state index in [-0.39, 0.29) is 25.7 Å². The maximum absolute atomic E-state index is 13.1. The van der Waals surface area contributed by atoms with Gasteiger partial charge in [0, 0.05) is 25.7 Å². The van der Waals surface area contributed by atoms with Crippen LogP contribution in [0.3, 0.4) is 0 Å². The second-order valence-electron chi connectivity index (χ2n) is 27.3. The molecule has 3 N–H and O–H groups in total. The number of hydrogen-bond acceptors (Lipinski definition) is 15. The van der Waals surface area contributed by atoms with Gasteiger partial charge in [-0.05, 0) is 167 Å². The van der Waals surface area contributed by atoms with E-state index in [1.54, 1.807) is 0 Å². The standard InChI is InChI=1S/C93H148O17P2/c1-5-9-13-17-21-25-29-33-37-40-43-46-50-53-57-61-65-69-73-77-90(95)103-83-88(109-92(97)79-75-71-67-63-59-55-49-36-32-28-24-20-16-12-8-4)85-107-111(99,100)105-81-87(94)82-106-112(101,102)108-86-89(110-93(98)80-76-72-68-64-60-56-52-48-45-42-39-35-31-27-23-19-15-11-7-3)84-104-91(96)78-74-70-66-62-58-54-51-47-44-41-38-34-30-26-22-18-14-10-6-2/h10,14,21-23,25-27,33-39,43-49,53-54,56-58,60,65-66,68-70,72,87-89,94H,5-9,11-13,15-20,24,28-32,40-42,50-52,55,59,61-64,67,71,73-86H2,1-4H3,(H,99,100)(H,101,102)/b14-10-,25-21-,26-22-,27-23-,37-33-,38-34-,39-35-,46-43-,47-44-,48-45-,49-36-,57-53-,58-54-,60-56-,69-65-,70-66-,72-68-/t87-,88+,89+/m0/s1. The summed E-state index contributed by atoms with van der Waals surface area (Å²) in [6.45, 7) is 4.42. The lowest BCUT2D eigenvalue weighted by atomic mass is 10.1. The van der Waals surface area contributed by atoms with E-state index in [1.807, 2.05) is 54.7 Å². The molecule has 0 radical (unpaired) electrons. The number of phosphoric ester groups is 2. The van der Waals surface area contributed by atoms with E-state index in [4.69, 9.17) is 37.0 Å². The van der Waals surface area contributed by atoms with Crippen molar-refractivity contribution in [1.82, 2.24) is 0 Å². The molecule has 0 aliphatic rings. The third-order valence-electron chi connectivity index (χ3n) is 16.7. The van der Waals surface area contributed by atoms with Gasteiger partial charge >= 0.3 is 39.5 Å². The van der Waals surface area contributed by atoms with E-state index in [0.717, 1.165) is 122 Å². The Kier molecular flexibility index (Phi) is 77.9. The summed E-state index contributed by atoms with van der Waals surface area (Å²) in [5, 5.41) is 10.7. The highest BCUT2D eigenvalue weighted by atomic mass is 31.2. The number of carbonyl (C=O) groups excluding carboxylic acids is 4. The Morgan fingerprint density at radius 1 is 0.259 bits per heavy atom. The van der Waals surface area contributed by atoms with Crippen molar-refractivity contribution in [3.05, 3.63) is 207 Å². The highest BCUT2D eigenvalue weighted by molar-refractivity contribution is 7.47. The van der Waals surface area contributed by atoms with Gasteiger partial charge in [-0.25, -0.2) is 9.13 Å². The molecule has 17 nitrogen and oxygen atoms in total. The molecule has 0 aliphatic carbocycles. The zero-order chi connectivity index (χ0) is 81.7. The van der Waals surface area contributed by atoms with E-state index in [0.29, 0.717) is 44.9 Å². The second-order valence-corrected chi connectivity index (χ2v) is 30.2. The second kappa shape index (κ2) is 82.6. The first kappa shape index (κ1) is 106. The molecule has 0 amide bonds. The molecule has 0 heterocycles. The average molecular weight is 1600 g/mol. The monoisotopic (exact) mass is 1600 g/mol. The van der Waals surface area contributed by atoms with E-state index in [9.17, 15) is 43.2 Å². The summed E-state index contributed by atoms with van der Waals surface area (Å²) < 4.78 is 68.5. The summed E-state index contributed by atoms with van der Waals surface area (Å²) in [4.78, 5) is 73.1. The number of rotatable bonds is 77. The smallest absolute Gasteiger partial charge is 0.462 e. The van der Waals surface area contributed by atoms with Crippen molar-refractivity contribution < 1.29 is 80.2 Å². The molecule has 632 valence electrons. The molecular formula is C93H148O17P2. The zero-order valence-electron chi connectivity index (χ0n) is 69.3. The Labute approximate surface area is 678 Å².